The van der Waals surface area contributed by atoms with E-state index < -0.39 is 0 Å². The third-order valence-corrected chi connectivity index (χ3v) is 4.67. The van der Waals surface area contributed by atoms with Crippen molar-refractivity contribution in [2.45, 2.75) is 6.42 Å². The zero-order chi connectivity index (χ0) is 16.2. The van der Waals surface area contributed by atoms with Crippen LogP contribution in [0, 0.1) is 0 Å². The van der Waals surface area contributed by atoms with Gasteiger partial charge in [0.2, 0.25) is 11.0 Å². The van der Waals surface area contributed by atoms with Gasteiger partial charge in [0.05, 0.1) is 16.5 Å². The van der Waals surface area contributed by atoms with Crippen LogP contribution in [-0.2, 0) is 11.2 Å². The molecule has 1 amide bonds. The lowest BCUT2D eigenvalue weighted by molar-refractivity contribution is -0.115. The number of halogens is 2. The average Bonchev–Trinajstić information content (AvgIpc) is 3.00. The minimum Gasteiger partial charge on any atom is -0.300 e. The summed E-state index contributed by atoms with van der Waals surface area (Å²) in [5.41, 5.74) is 1.75. The Bertz CT molecular complexity index is 836. The molecule has 1 aromatic heterocycles. The summed E-state index contributed by atoms with van der Waals surface area (Å²) < 4.78 is 0. The Kier molecular flexibility index (Phi) is 4.91. The summed E-state index contributed by atoms with van der Waals surface area (Å²) in [6.07, 6.45) is 0.192. The summed E-state index contributed by atoms with van der Waals surface area (Å²) in [6, 6.07) is 14.8. The largest absolute Gasteiger partial charge is 0.300 e. The minimum absolute atomic E-state index is 0.181. The Morgan fingerprint density at radius 1 is 1.04 bits per heavy atom. The monoisotopic (exact) mass is 363 g/mol. The Balaban J connectivity index is 1.66. The average molecular weight is 364 g/mol. The molecule has 3 aromatic rings. The third-order valence-electron chi connectivity index (χ3n) is 3.04. The molecule has 0 atom stereocenters. The van der Waals surface area contributed by atoms with E-state index in [2.05, 4.69) is 15.5 Å². The van der Waals surface area contributed by atoms with E-state index in [0.717, 1.165) is 16.1 Å². The molecule has 3 rings (SSSR count). The molecule has 0 aliphatic rings. The van der Waals surface area contributed by atoms with Gasteiger partial charge in [-0.2, -0.15) is 0 Å². The molecule has 0 spiro atoms. The van der Waals surface area contributed by atoms with Crippen LogP contribution in [0.2, 0.25) is 10.0 Å². The molecule has 0 saturated heterocycles. The Hall–Kier alpha value is -1.95. The summed E-state index contributed by atoms with van der Waals surface area (Å²) >= 11 is 13.1. The number of nitrogens with zero attached hydrogens (tertiary/aromatic N) is 2. The van der Waals surface area contributed by atoms with E-state index >= 15 is 0 Å². The van der Waals surface area contributed by atoms with E-state index in [0.29, 0.717) is 15.2 Å². The molecule has 0 saturated carbocycles. The molecule has 1 heterocycles. The molecular weight excluding hydrogens is 353 g/mol. The van der Waals surface area contributed by atoms with Gasteiger partial charge in [-0.1, -0.05) is 70.9 Å². The molecule has 0 bridgehead atoms. The smallest absolute Gasteiger partial charge is 0.230 e. The second-order valence-corrected chi connectivity index (χ2v) is 6.54. The maximum absolute atomic E-state index is 12.1. The maximum atomic E-state index is 12.1. The van der Waals surface area contributed by atoms with Crippen LogP contribution in [0.25, 0.3) is 10.6 Å². The van der Waals surface area contributed by atoms with Gasteiger partial charge in [0, 0.05) is 5.56 Å². The van der Waals surface area contributed by atoms with Crippen LogP contribution in [0.1, 0.15) is 5.56 Å². The number of aromatic nitrogens is 2. The number of carbonyl (C=O) groups excluding carboxylic acids is 1. The van der Waals surface area contributed by atoms with Gasteiger partial charge in [-0.05, 0) is 17.7 Å². The SMILES string of the molecule is O=C(Cc1ccc(Cl)c(Cl)c1)Nc1nnc(-c2ccccc2)s1. The van der Waals surface area contributed by atoms with Crippen LogP contribution < -0.4 is 5.32 Å². The summed E-state index contributed by atoms with van der Waals surface area (Å²) in [5.74, 6) is -0.181. The van der Waals surface area contributed by atoms with E-state index in [1.54, 1.807) is 18.2 Å². The molecule has 2 aromatic carbocycles. The molecule has 0 radical (unpaired) electrons. The molecular formula is C16H11Cl2N3OS. The van der Waals surface area contributed by atoms with Gasteiger partial charge in [0.1, 0.15) is 5.01 Å². The second kappa shape index (κ2) is 7.08. The van der Waals surface area contributed by atoms with Gasteiger partial charge in [-0.3, -0.25) is 4.79 Å². The van der Waals surface area contributed by atoms with E-state index in [-0.39, 0.29) is 12.3 Å². The molecule has 0 unspecified atom stereocenters. The van der Waals surface area contributed by atoms with Crippen molar-refractivity contribution in [1.29, 1.82) is 0 Å². The topological polar surface area (TPSA) is 54.9 Å². The number of anilines is 1. The lowest BCUT2D eigenvalue weighted by Crippen LogP contribution is -2.14. The predicted molar refractivity (Wildman–Crippen MR) is 94.1 cm³/mol. The highest BCUT2D eigenvalue weighted by atomic mass is 35.5. The van der Waals surface area contributed by atoms with Crippen molar-refractivity contribution in [1.82, 2.24) is 10.2 Å². The van der Waals surface area contributed by atoms with Gasteiger partial charge in [-0.15, -0.1) is 10.2 Å². The molecule has 4 nitrogen and oxygen atoms in total. The zero-order valence-corrected chi connectivity index (χ0v) is 14.1. The van der Waals surface area contributed by atoms with E-state index in [1.807, 2.05) is 30.3 Å². The third kappa shape index (κ3) is 4.07. The second-order valence-electron chi connectivity index (χ2n) is 4.75. The molecule has 7 heteroatoms. The fourth-order valence-electron chi connectivity index (χ4n) is 1.97. The van der Waals surface area contributed by atoms with Crippen molar-refractivity contribution in [3.8, 4) is 10.6 Å². The highest BCUT2D eigenvalue weighted by molar-refractivity contribution is 7.18. The lowest BCUT2D eigenvalue weighted by Gasteiger charge is -2.03. The normalized spacial score (nSPS) is 10.5. The van der Waals surface area contributed by atoms with Crippen molar-refractivity contribution < 1.29 is 4.79 Å². The first-order valence-corrected chi connectivity index (χ1v) is 8.32. The van der Waals surface area contributed by atoms with Crippen molar-refractivity contribution in [3.05, 3.63) is 64.1 Å². The molecule has 1 N–H and O–H groups in total. The van der Waals surface area contributed by atoms with E-state index in [9.17, 15) is 4.79 Å². The summed E-state index contributed by atoms with van der Waals surface area (Å²) in [4.78, 5) is 12.1. The fraction of sp³-hybridized carbons (Fsp3) is 0.0625. The summed E-state index contributed by atoms with van der Waals surface area (Å²) in [7, 11) is 0. The summed E-state index contributed by atoms with van der Waals surface area (Å²) in [5, 5.41) is 12.9. The highest BCUT2D eigenvalue weighted by Gasteiger charge is 2.11. The Labute approximate surface area is 147 Å². The van der Waals surface area contributed by atoms with Gasteiger partial charge in [-0.25, -0.2) is 0 Å². The number of carbonyl (C=O) groups is 1. The quantitative estimate of drug-likeness (QED) is 0.731. The fourth-order valence-corrected chi connectivity index (χ4v) is 3.06. The molecule has 116 valence electrons. The number of amides is 1. The van der Waals surface area contributed by atoms with Gasteiger partial charge >= 0.3 is 0 Å². The number of rotatable bonds is 4. The van der Waals surface area contributed by atoms with Crippen molar-refractivity contribution in [2.24, 2.45) is 0 Å². The van der Waals surface area contributed by atoms with Crippen LogP contribution in [0.15, 0.2) is 48.5 Å². The molecule has 0 aliphatic heterocycles. The van der Waals surface area contributed by atoms with Gasteiger partial charge in [0.25, 0.3) is 0 Å². The first kappa shape index (κ1) is 15.9. The first-order chi connectivity index (χ1) is 11.1. The number of hydrogen-bond acceptors (Lipinski definition) is 4. The van der Waals surface area contributed by atoms with E-state index in [4.69, 9.17) is 23.2 Å². The molecule has 0 aliphatic carbocycles. The van der Waals surface area contributed by atoms with Crippen LogP contribution in [0.4, 0.5) is 5.13 Å². The highest BCUT2D eigenvalue weighted by Crippen LogP contribution is 2.26. The molecule has 23 heavy (non-hydrogen) atoms. The first-order valence-electron chi connectivity index (χ1n) is 6.74. The van der Waals surface area contributed by atoms with Crippen molar-refractivity contribution in [3.63, 3.8) is 0 Å². The lowest BCUT2D eigenvalue weighted by atomic mass is 10.1. The van der Waals surface area contributed by atoms with Crippen LogP contribution >= 0.6 is 34.5 Å². The maximum Gasteiger partial charge on any atom is 0.230 e. The van der Waals surface area contributed by atoms with E-state index in [1.165, 1.54) is 11.3 Å². The van der Waals surface area contributed by atoms with Crippen molar-refractivity contribution in [2.75, 3.05) is 5.32 Å². The zero-order valence-electron chi connectivity index (χ0n) is 11.8. The van der Waals surface area contributed by atoms with Crippen LogP contribution in [-0.4, -0.2) is 16.1 Å². The Morgan fingerprint density at radius 3 is 2.57 bits per heavy atom. The van der Waals surface area contributed by atoms with Crippen LogP contribution in [0.3, 0.4) is 0 Å². The number of nitrogens with one attached hydrogen (secondary N) is 1. The standard InChI is InChI=1S/C16H11Cl2N3OS/c17-12-7-6-10(8-13(12)18)9-14(22)19-16-21-20-15(23-16)11-4-2-1-3-5-11/h1-8H,9H2,(H,19,21,22). The van der Waals surface area contributed by atoms with Crippen LogP contribution in [0.5, 0.6) is 0 Å². The summed E-state index contributed by atoms with van der Waals surface area (Å²) in [6.45, 7) is 0. The van der Waals surface area contributed by atoms with Crippen molar-refractivity contribution >= 4 is 45.6 Å². The predicted octanol–water partition coefficient (Wildman–Crippen LogP) is 4.69. The number of benzene rings is 2. The molecule has 0 fully saturated rings. The van der Waals surface area contributed by atoms with Gasteiger partial charge < -0.3 is 5.32 Å². The Morgan fingerprint density at radius 2 is 1.83 bits per heavy atom. The van der Waals surface area contributed by atoms with Gasteiger partial charge in [0.15, 0.2) is 0 Å². The number of hydrogen-bond donors (Lipinski definition) is 1. The minimum atomic E-state index is -0.181.